The Balaban J connectivity index is 1.56. The average Bonchev–Trinajstić information content (AvgIpc) is 3.13. The van der Waals surface area contributed by atoms with Crippen molar-refractivity contribution in [3.8, 4) is 5.75 Å². The predicted octanol–water partition coefficient (Wildman–Crippen LogP) is 3.24. The highest BCUT2D eigenvalue weighted by Gasteiger charge is 2.16. The number of hydrogen-bond donors (Lipinski definition) is 4. The summed E-state index contributed by atoms with van der Waals surface area (Å²) in [6.07, 6.45) is 1.85. The van der Waals surface area contributed by atoms with E-state index in [1.165, 1.54) is 18.2 Å². The van der Waals surface area contributed by atoms with Crippen LogP contribution >= 0.6 is 0 Å². The molecule has 4 aromatic rings. The Hall–Kier alpha value is -4.19. The van der Waals surface area contributed by atoms with Crippen molar-refractivity contribution in [1.82, 2.24) is 14.7 Å². The van der Waals surface area contributed by atoms with E-state index in [-0.39, 0.29) is 23.3 Å². The molecule has 0 unspecified atom stereocenters. The molecule has 2 aromatic carbocycles. The zero-order valence-electron chi connectivity index (χ0n) is 16.5. The van der Waals surface area contributed by atoms with Crippen LogP contribution in [0.2, 0.25) is 0 Å². The van der Waals surface area contributed by atoms with Crippen LogP contribution in [0.15, 0.2) is 59.1 Å². The van der Waals surface area contributed by atoms with Crippen molar-refractivity contribution < 1.29 is 27.1 Å². The maximum atomic E-state index is 14.1. The van der Waals surface area contributed by atoms with Gasteiger partial charge in [0.1, 0.15) is 11.3 Å². The van der Waals surface area contributed by atoms with Crippen LogP contribution in [-0.2, 0) is 10.0 Å². The van der Waals surface area contributed by atoms with Crippen LogP contribution in [-0.4, -0.2) is 35.7 Å². The molecule has 4 rings (SSSR count). The van der Waals surface area contributed by atoms with Gasteiger partial charge in [0.25, 0.3) is 5.91 Å². The monoisotopic (exact) mass is 457 g/mol. The third kappa shape index (κ3) is 4.92. The summed E-state index contributed by atoms with van der Waals surface area (Å²) in [5.74, 6) is -1.74. The summed E-state index contributed by atoms with van der Waals surface area (Å²) in [5.41, 5.74) is 1.32. The lowest BCUT2D eigenvalue weighted by molar-refractivity contribution is 0.0957. The van der Waals surface area contributed by atoms with Gasteiger partial charge in [0, 0.05) is 22.8 Å². The molecule has 10 nitrogen and oxygen atoms in total. The SMILES string of the molecule is CS(=O)(=O)NC(=O)c1cc2cc(Nc3ncc(F)c(Nc4cccc(O)c4)n3)ccc2o1. The van der Waals surface area contributed by atoms with Crippen LogP contribution < -0.4 is 15.4 Å². The fourth-order valence-corrected chi connectivity index (χ4v) is 3.25. The molecule has 1 amide bonds. The molecule has 2 aromatic heterocycles. The molecular formula is C20H16FN5O5S. The smallest absolute Gasteiger partial charge is 0.300 e. The Labute approximate surface area is 181 Å². The van der Waals surface area contributed by atoms with E-state index < -0.39 is 21.7 Å². The van der Waals surface area contributed by atoms with Crippen LogP contribution in [0.5, 0.6) is 5.75 Å². The Morgan fingerprint density at radius 1 is 1.09 bits per heavy atom. The Bertz CT molecular complexity index is 1440. The summed E-state index contributed by atoms with van der Waals surface area (Å²) in [6, 6.07) is 12.4. The first-order valence-corrected chi connectivity index (χ1v) is 11.0. The van der Waals surface area contributed by atoms with E-state index in [1.54, 1.807) is 30.3 Å². The number of furan rings is 1. The number of amides is 1. The second-order valence-corrected chi connectivity index (χ2v) is 8.51. The number of sulfonamides is 1. The summed E-state index contributed by atoms with van der Waals surface area (Å²) >= 11 is 0. The number of phenolic OH excluding ortho intramolecular Hbond substituents is 1. The minimum atomic E-state index is -3.73. The van der Waals surface area contributed by atoms with Gasteiger partial charge in [-0.1, -0.05) is 6.07 Å². The molecule has 0 fully saturated rings. The number of halogens is 1. The number of rotatable bonds is 6. The number of anilines is 4. The van der Waals surface area contributed by atoms with E-state index in [1.807, 2.05) is 4.72 Å². The van der Waals surface area contributed by atoms with Crippen molar-refractivity contribution in [2.45, 2.75) is 0 Å². The van der Waals surface area contributed by atoms with Gasteiger partial charge in [-0.25, -0.2) is 22.5 Å². The number of phenols is 1. The first kappa shape index (κ1) is 21.1. The van der Waals surface area contributed by atoms with Crippen LogP contribution in [0.4, 0.5) is 27.5 Å². The zero-order valence-corrected chi connectivity index (χ0v) is 17.3. The predicted molar refractivity (Wildman–Crippen MR) is 115 cm³/mol. The number of nitrogens with zero attached hydrogens (tertiary/aromatic N) is 2. The molecule has 4 N–H and O–H groups in total. The van der Waals surface area contributed by atoms with E-state index >= 15 is 0 Å². The van der Waals surface area contributed by atoms with Gasteiger partial charge < -0.3 is 20.2 Å². The summed E-state index contributed by atoms with van der Waals surface area (Å²) in [4.78, 5) is 20.0. The van der Waals surface area contributed by atoms with Crippen LogP contribution in [0.1, 0.15) is 10.6 Å². The van der Waals surface area contributed by atoms with E-state index in [0.29, 0.717) is 22.3 Å². The Morgan fingerprint density at radius 2 is 1.88 bits per heavy atom. The van der Waals surface area contributed by atoms with Crippen molar-refractivity contribution in [3.05, 3.63) is 66.3 Å². The molecule has 0 bridgehead atoms. The highest BCUT2D eigenvalue weighted by Crippen LogP contribution is 2.26. The summed E-state index contributed by atoms with van der Waals surface area (Å²) in [5, 5.41) is 15.8. The third-order valence-electron chi connectivity index (χ3n) is 4.13. The van der Waals surface area contributed by atoms with Crippen LogP contribution in [0.3, 0.4) is 0 Å². The minimum absolute atomic E-state index is 0.0146. The normalized spacial score (nSPS) is 11.3. The lowest BCUT2D eigenvalue weighted by atomic mass is 10.2. The van der Waals surface area contributed by atoms with Gasteiger partial charge in [-0.2, -0.15) is 4.98 Å². The summed E-state index contributed by atoms with van der Waals surface area (Å²) in [6.45, 7) is 0. The summed E-state index contributed by atoms with van der Waals surface area (Å²) < 4.78 is 43.8. The van der Waals surface area contributed by atoms with Gasteiger partial charge in [-0.3, -0.25) is 4.79 Å². The lowest BCUT2D eigenvalue weighted by Gasteiger charge is -2.09. The molecule has 164 valence electrons. The van der Waals surface area contributed by atoms with Crippen molar-refractivity contribution in [2.75, 3.05) is 16.9 Å². The van der Waals surface area contributed by atoms with Crippen molar-refractivity contribution in [1.29, 1.82) is 0 Å². The largest absolute Gasteiger partial charge is 0.508 e. The van der Waals surface area contributed by atoms with Crippen molar-refractivity contribution >= 4 is 50.0 Å². The third-order valence-corrected chi connectivity index (χ3v) is 4.68. The molecule has 0 saturated heterocycles. The molecule has 0 spiro atoms. The fraction of sp³-hybridized carbons (Fsp3) is 0.0500. The molecule has 0 saturated carbocycles. The molecule has 0 aliphatic heterocycles. The molecule has 0 aliphatic rings. The quantitative estimate of drug-likeness (QED) is 0.343. The Morgan fingerprint density at radius 3 is 2.62 bits per heavy atom. The second kappa shape index (κ2) is 8.15. The minimum Gasteiger partial charge on any atom is -0.508 e. The van der Waals surface area contributed by atoms with E-state index in [0.717, 1.165) is 12.5 Å². The molecule has 0 atom stereocenters. The van der Waals surface area contributed by atoms with Crippen LogP contribution in [0.25, 0.3) is 11.0 Å². The first-order valence-electron chi connectivity index (χ1n) is 9.08. The number of benzene rings is 2. The topological polar surface area (TPSA) is 146 Å². The number of fused-ring (bicyclic) bond motifs is 1. The maximum Gasteiger partial charge on any atom is 0.300 e. The van der Waals surface area contributed by atoms with E-state index in [9.17, 15) is 22.7 Å². The van der Waals surface area contributed by atoms with Gasteiger partial charge in [-0.05, 0) is 36.4 Å². The summed E-state index contributed by atoms with van der Waals surface area (Å²) in [7, 11) is -3.73. The van der Waals surface area contributed by atoms with E-state index in [2.05, 4.69) is 20.6 Å². The van der Waals surface area contributed by atoms with Gasteiger partial charge in [0.15, 0.2) is 17.4 Å². The maximum absolute atomic E-state index is 14.1. The number of carbonyl (C=O) groups is 1. The molecule has 32 heavy (non-hydrogen) atoms. The molecule has 2 heterocycles. The van der Waals surface area contributed by atoms with Gasteiger partial charge in [-0.15, -0.1) is 0 Å². The number of carbonyl (C=O) groups excluding carboxylic acids is 1. The van der Waals surface area contributed by atoms with E-state index in [4.69, 9.17) is 4.42 Å². The van der Waals surface area contributed by atoms with Crippen LogP contribution in [0, 0.1) is 5.82 Å². The number of hydrogen-bond acceptors (Lipinski definition) is 9. The van der Waals surface area contributed by atoms with Crippen molar-refractivity contribution in [3.63, 3.8) is 0 Å². The number of aromatic hydroxyl groups is 1. The standard InChI is InChI=1S/C20H16FN5O5S/c1-32(29,30)26-19(28)17-8-11-7-13(5-6-16(11)31-17)24-20-22-10-15(21)18(25-20)23-12-3-2-4-14(27)9-12/h2-10,27H,1H3,(H,26,28)(H2,22,23,24,25). The first-order chi connectivity index (χ1) is 15.2. The molecule has 0 radical (unpaired) electrons. The zero-order chi connectivity index (χ0) is 22.9. The van der Waals surface area contributed by atoms with Gasteiger partial charge in [0.2, 0.25) is 16.0 Å². The van der Waals surface area contributed by atoms with Gasteiger partial charge in [0.05, 0.1) is 12.5 Å². The average molecular weight is 457 g/mol. The highest BCUT2D eigenvalue weighted by atomic mass is 32.2. The lowest BCUT2D eigenvalue weighted by Crippen LogP contribution is -2.28. The number of nitrogens with one attached hydrogen (secondary N) is 3. The van der Waals surface area contributed by atoms with Crippen molar-refractivity contribution in [2.24, 2.45) is 0 Å². The Kier molecular flexibility index (Phi) is 5.36. The van der Waals surface area contributed by atoms with Gasteiger partial charge >= 0.3 is 0 Å². The fourth-order valence-electron chi connectivity index (χ4n) is 2.82. The molecule has 0 aliphatic carbocycles. The molecular weight excluding hydrogens is 441 g/mol. The highest BCUT2D eigenvalue weighted by molar-refractivity contribution is 7.89. The second-order valence-electron chi connectivity index (χ2n) is 6.76. The molecule has 12 heteroatoms. The number of aromatic nitrogens is 2.